The molecule has 0 saturated heterocycles. The average Bonchev–Trinajstić information content (AvgIpc) is 3.47. The Hall–Kier alpha value is -4.41. The van der Waals surface area contributed by atoms with Crippen LogP contribution in [0.2, 0.25) is 0 Å². The van der Waals surface area contributed by atoms with Crippen molar-refractivity contribution in [2.24, 2.45) is 5.92 Å². The van der Waals surface area contributed by atoms with Crippen LogP contribution in [-0.4, -0.2) is 37.5 Å². The van der Waals surface area contributed by atoms with Crippen molar-refractivity contribution in [3.05, 3.63) is 107 Å². The highest BCUT2D eigenvalue weighted by atomic mass is 19.1. The number of rotatable bonds is 10. The lowest BCUT2D eigenvalue weighted by molar-refractivity contribution is -0.130. The van der Waals surface area contributed by atoms with E-state index < -0.39 is 29.6 Å². The Kier molecular flexibility index (Phi) is 8.34. The summed E-state index contributed by atoms with van der Waals surface area (Å²) in [5.41, 5.74) is 5.93. The Labute approximate surface area is 212 Å². The van der Waals surface area contributed by atoms with Crippen LogP contribution in [0.25, 0.3) is 11.1 Å². The van der Waals surface area contributed by atoms with E-state index in [0.717, 1.165) is 22.3 Å². The molecule has 2 unspecified atom stereocenters. The third-order valence-corrected chi connectivity index (χ3v) is 6.09. The first kappa shape index (κ1) is 25.7. The normalized spacial score (nSPS) is 12.5. The van der Waals surface area contributed by atoms with E-state index in [4.69, 9.17) is 0 Å². The van der Waals surface area contributed by atoms with Crippen molar-refractivity contribution in [3.63, 3.8) is 0 Å². The van der Waals surface area contributed by atoms with Crippen molar-refractivity contribution >= 4 is 11.8 Å². The van der Waals surface area contributed by atoms with Gasteiger partial charge in [-0.05, 0) is 64.9 Å². The number of nitrogens with one attached hydrogen (secondary N) is 3. The third-order valence-electron chi connectivity index (χ3n) is 6.09. The quantitative estimate of drug-likeness (QED) is 0.166. The molecule has 10 heteroatoms. The second-order valence-corrected chi connectivity index (χ2v) is 8.62. The summed E-state index contributed by atoms with van der Waals surface area (Å²) in [4.78, 5) is 25.2. The van der Waals surface area contributed by atoms with Gasteiger partial charge in [-0.15, -0.1) is 5.10 Å². The summed E-state index contributed by atoms with van der Waals surface area (Å²) in [6.07, 6.45) is 1.78. The third kappa shape index (κ3) is 6.63. The van der Waals surface area contributed by atoms with E-state index in [2.05, 4.69) is 20.7 Å². The van der Waals surface area contributed by atoms with Crippen molar-refractivity contribution in [1.29, 1.82) is 0 Å². The van der Waals surface area contributed by atoms with Gasteiger partial charge in [0.1, 0.15) is 11.5 Å². The van der Waals surface area contributed by atoms with Crippen LogP contribution in [-0.2, 0) is 17.8 Å². The van der Waals surface area contributed by atoms with Gasteiger partial charge in [0.25, 0.3) is 5.91 Å². The average molecular weight is 504 g/mol. The molecule has 9 nitrogen and oxygen atoms in total. The zero-order chi connectivity index (χ0) is 26.2. The molecule has 5 N–H and O–H groups in total. The van der Waals surface area contributed by atoms with Crippen LogP contribution in [0.4, 0.5) is 4.39 Å². The van der Waals surface area contributed by atoms with E-state index in [0.29, 0.717) is 12.1 Å². The maximum Gasteiger partial charge on any atom is 0.251 e. The van der Waals surface area contributed by atoms with Crippen LogP contribution in [0.15, 0.2) is 79.0 Å². The highest BCUT2D eigenvalue weighted by Crippen LogP contribution is 2.29. The zero-order valence-electron chi connectivity index (χ0n) is 19.8. The molecule has 1 aromatic heterocycles. The van der Waals surface area contributed by atoms with Gasteiger partial charge in [-0.1, -0.05) is 47.7 Å². The Morgan fingerprint density at radius 1 is 0.973 bits per heavy atom. The number of amides is 2. The maximum absolute atomic E-state index is 13.3. The number of nitrogens with zero attached hydrogens (tertiary/aromatic N) is 2. The minimum absolute atomic E-state index is 0.0480. The number of halogens is 1. The lowest BCUT2D eigenvalue weighted by Gasteiger charge is -2.26. The largest absolute Gasteiger partial charge is 0.392 e. The van der Waals surface area contributed by atoms with Gasteiger partial charge in [0.05, 0.1) is 12.6 Å². The minimum atomic E-state index is -0.741. The standard InChI is InChI=1S/C27H26FN5O4/c28-23-10-8-20(9-11-23)27(36)30-26(24-15-29-33-31-24)22(14-25(35)32-37)12-17-4-6-19(7-5-17)21-3-1-2-18(13-21)16-34/h1-11,13,15,22,26,34,37H,12,14,16H2,(H,30,36)(H,32,35)(H,29,31,33). The van der Waals surface area contributed by atoms with Gasteiger partial charge in [-0.25, -0.2) is 9.87 Å². The van der Waals surface area contributed by atoms with Gasteiger partial charge in [-0.2, -0.15) is 0 Å². The van der Waals surface area contributed by atoms with Crippen LogP contribution < -0.4 is 10.8 Å². The summed E-state index contributed by atoms with van der Waals surface area (Å²) in [6, 6.07) is 19.7. The molecule has 2 amide bonds. The highest BCUT2D eigenvalue weighted by molar-refractivity contribution is 5.94. The molecule has 0 saturated carbocycles. The van der Waals surface area contributed by atoms with Crippen molar-refractivity contribution in [2.45, 2.75) is 25.5 Å². The molecule has 0 aliphatic carbocycles. The number of hydrogen-bond acceptors (Lipinski definition) is 6. The van der Waals surface area contributed by atoms with Crippen LogP contribution in [0.5, 0.6) is 0 Å². The van der Waals surface area contributed by atoms with Gasteiger partial charge in [0.2, 0.25) is 5.91 Å². The number of hydrogen-bond donors (Lipinski definition) is 5. The molecule has 0 fully saturated rings. The predicted molar refractivity (Wildman–Crippen MR) is 133 cm³/mol. The summed E-state index contributed by atoms with van der Waals surface area (Å²) >= 11 is 0. The van der Waals surface area contributed by atoms with E-state index in [1.165, 1.54) is 30.5 Å². The van der Waals surface area contributed by atoms with Crippen LogP contribution >= 0.6 is 0 Å². The van der Waals surface area contributed by atoms with Crippen LogP contribution in [0.3, 0.4) is 0 Å². The Morgan fingerprint density at radius 2 is 1.73 bits per heavy atom. The summed E-state index contributed by atoms with van der Waals surface area (Å²) < 4.78 is 13.3. The molecule has 4 rings (SSSR count). The fraction of sp³-hybridized carbons (Fsp3) is 0.185. The van der Waals surface area contributed by atoms with E-state index in [1.807, 2.05) is 48.5 Å². The summed E-state index contributed by atoms with van der Waals surface area (Å²) in [6.45, 7) is -0.0480. The number of aliphatic hydroxyl groups is 1. The molecule has 3 aromatic carbocycles. The van der Waals surface area contributed by atoms with Crippen molar-refractivity contribution in [1.82, 2.24) is 26.2 Å². The number of aliphatic hydroxyl groups excluding tert-OH is 1. The number of carbonyl (C=O) groups excluding carboxylic acids is 2. The lowest BCUT2D eigenvalue weighted by atomic mass is 9.86. The SMILES string of the molecule is O=C(CC(Cc1ccc(-c2cccc(CO)c2)cc1)C(NC(=O)c1ccc(F)cc1)c1c[nH]nn1)NO. The van der Waals surface area contributed by atoms with Gasteiger partial charge >= 0.3 is 0 Å². The number of aromatic amines is 1. The number of hydroxylamine groups is 1. The Bertz CT molecular complexity index is 1330. The maximum atomic E-state index is 13.3. The van der Waals surface area contributed by atoms with E-state index in [1.54, 1.807) is 5.48 Å². The van der Waals surface area contributed by atoms with Crippen LogP contribution in [0.1, 0.15) is 39.6 Å². The number of benzene rings is 3. The highest BCUT2D eigenvalue weighted by Gasteiger charge is 2.30. The summed E-state index contributed by atoms with van der Waals surface area (Å²) in [5, 5.41) is 31.9. The summed E-state index contributed by atoms with van der Waals surface area (Å²) in [7, 11) is 0. The number of H-pyrrole nitrogens is 1. The molecule has 37 heavy (non-hydrogen) atoms. The first-order valence-corrected chi connectivity index (χ1v) is 11.6. The fourth-order valence-electron chi connectivity index (χ4n) is 4.20. The molecule has 190 valence electrons. The fourth-order valence-corrected chi connectivity index (χ4v) is 4.20. The smallest absolute Gasteiger partial charge is 0.251 e. The molecule has 4 aromatic rings. The monoisotopic (exact) mass is 503 g/mol. The summed E-state index contributed by atoms with van der Waals surface area (Å²) in [5.74, 6) is -2.06. The number of carbonyl (C=O) groups is 2. The molecular formula is C27H26FN5O4. The van der Waals surface area contributed by atoms with E-state index >= 15 is 0 Å². The van der Waals surface area contributed by atoms with Crippen molar-refractivity contribution in [2.75, 3.05) is 0 Å². The molecule has 0 radical (unpaired) electrons. The second kappa shape index (κ2) is 12.0. The topological polar surface area (TPSA) is 140 Å². The first-order chi connectivity index (χ1) is 18.0. The second-order valence-electron chi connectivity index (χ2n) is 8.62. The van der Waals surface area contributed by atoms with Crippen LogP contribution in [0, 0.1) is 11.7 Å². The lowest BCUT2D eigenvalue weighted by Crippen LogP contribution is -2.37. The number of aromatic nitrogens is 3. The van der Waals surface area contributed by atoms with E-state index in [-0.39, 0.29) is 18.6 Å². The van der Waals surface area contributed by atoms with Crippen molar-refractivity contribution in [3.8, 4) is 11.1 Å². The Balaban J connectivity index is 1.60. The first-order valence-electron chi connectivity index (χ1n) is 11.6. The van der Waals surface area contributed by atoms with Gasteiger partial charge in [0, 0.05) is 18.2 Å². The minimum Gasteiger partial charge on any atom is -0.392 e. The molecule has 0 spiro atoms. The van der Waals surface area contributed by atoms with Gasteiger partial charge in [-0.3, -0.25) is 19.9 Å². The van der Waals surface area contributed by atoms with Gasteiger partial charge in [0.15, 0.2) is 0 Å². The van der Waals surface area contributed by atoms with Crippen molar-refractivity contribution < 1.29 is 24.3 Å². The predicted octanol–water partition coefficient (Wildman–Crippen LogP) is 3.33. The van der Waals surface area contributed by atoms with E-state index in [9.17, 15) is 24.3 Å². The van der Waals surface area contributed by atoms with Gasteiger partial charge < -0.3 is 10.4 Å². The zero-order valence-corrected chi connectivity index (χ0v) is 19.8. The molecule has 1 heterocycles. The molecule has 0 bridgehead atoms. The molecular weight excluding hydrogens is 477 g/mol. The molecule has 0 aliphatic rings. The molecule has 0 aliphatic heterocycles. The Morgan fingerprint density at radius 3 is 2.38 bits per heavy atom. The molecule has 2 atom stereocenters.